The van der Waals surface area contributed by atoms with E-state index in [1.54, 1.807) is 0 Å². The highest BCUT2D eigenvalue weighted by Crippen LogP contribution is 2.19. The number of hydrogen-bond donors (Lipinski definition) is 1. The van der Waals surface area contributed by atoms with Gasteiger partial charge in [0.15, 0.2) is 0 Å². The van der Waals surface area contributed by atoms with Crippen molar-refractivity contribution in [2.45, 2.75) is 32.2 Å². The SMILES string of the molecule is CN(Cc1cccc(OCC(O)CN2CCc3ccccc3C2)c1)Cc1ccccn1. The van der Waals surface area contributed by atoms with Crippen LogP contribution < -0.4 is 4.74 Å². The Balaban J connectivity index is 1.24. The number of β-amino-alcohol motifs (C(OH)–C–C–N with tert-alkyl or cyclic N) is 1. The molecule has 0 amide bonds. The van der Waals surface area contributed by atoms with Crippen LogP contribution in [-0.4, -0.2) is 52.7 Å². The first kappa shape index (κ1) is 21.5. The van der Waals surface area contributed by atoms with E-state index in [-0.39, 0.29) is 0 Å². The van der Waals surface area contributed by atoms with Crippen molar-refractivity contribution in [1.82, 2.24) is 14.8 Å². The lowest BCUT2D eigenvalue weighted by molar-refractivity contribution is 0.0637. The minimum atomic E-state index is -0.513. The second-order valence-electron chi connectivity index (χ2n) is 8.36. The molecule has 31 heavy (non-hydrogen) atoms. The number of ether oxygens (including phenoxy) is 1. The van der Waals surface area contributed by atoms with Gasteiger partial charge in [0.1, 0.15) is 18.5 Å². The summed E-state index contributed by atoms with van der Waals surface area (Å²) in [7, 11) is 2.09. The maximum absolute atomic E-state index is 10.5. The van der Waals surface area contributed by atoms with E-state index < -0.39 is 6.10 Å². The number of pyridine rings is 1. The molecular weight excluding hydrogens is 386 g/mol. The zero-order valence-corrected chi connectivity index (χ0v) is 18.2. The minimum absolute atomic E-state index is 0.297. The average molecular weight is 418 g/mol. The predicted molar refractivity (Wildman–Crippen MR) is 123 cm³/mol. The summed E-state index contributed by atoms with van der Waals surface area (Å²) in [5.74, 6) is 0.798. The topological polar surface area (TPSA) is 48.8 Å². The third-order valence-electron chi connectivity index (χ3n) is 5.63. The van der Waals surface area contributed by atoms with Crippen molar-refractivity contribution in [3.05, 3.63) is 95.3 Å². The summed E-state index contributed by atoms with van der Waals surface area (Å²) in [5.41, 5.74) is 5.03. The van der Waals surface area contributed by atoms with E-state index in [0.29, 0.717) is 13.2 Å². The summed E-state index contributed by atoms with van der Waals surface area (Å²) in [6, 6.07) is 22.7. The van der Waals surface area contributed by atoms with Gasteiger partial charge < -0.3 is 9.84 Å². The van der Waals surface area contributed by atoms with E-state index in [9.17, 15) is 5.11 Å². The van der Waals surface area contributed by atoms with Crippen molar-refractivity contribution in [2.75, 3.05) is 26.7 Å². The molecule has 1 N–H and O–H groups in total. The van der Waals surface area contributed by atoms with Crippen LogP contribution in [-0.2, 0) is 26.1 Å². The monoisotopic (exact) mass is 417 g/mol. The first-order chi connectivity index (χ1) is 15.2. The molecule has 162 valence electrons. The summed E-state index contributed by atoms with van der Waals surface area (Å²) in [6.07, 6.45) is 2.35. The van der Waals surface area contributed by atoms with Crippen molar-refractivity contribution in [3.63, 3.8) is 0 Å². The Bertz CT molecular complexity index is 964. The number of fused-ring (bicyclic) bond motifs is 1. The van der Waals surface area contributed by atoms with Gasteiger partial charge in [0.2, 0.25) is 0 Å². The molecule has 1 unspecified atom stereocenters. The second kappa shape index (κ2) is 10.5. The zero-order valence-electron chi connectivity index (χ0n) is 18.2. The van der Waals surface area contributed by atoms with Gasteiger partial charge in [-0.2, -0.15) is 0 Å². The van der Waals surface area contributed by atoms with Gasteiger partial charge in [-0.25, -0.2) is 0 Å². The molecule has 2 heterocycles. The van der Waals surface area contributed by atoms with Crippen LogP contribution >= 0.6 is 0 Å². The van der Waals surface area contributed by atoms with Crippen LogP contribution in [0.3, 0.4) is 0 Å². The number of rotatable bonds is 9. The fraction of sp³-hybridized carbons (Fsp3) is 0.346. The molecule has 2 aromatic carbocycles. The molecule has 1 aromatic heterocycles. The van der Waals surface area contributed by atoms with Gasteiger partial charge in [-0.1, -0.05) is 42.5 Å². The van der Waals surface area contributed by atoms with E-state index in [2.05, 4.69) is 58.2 Å². The molecule has 0 aliphatic carbocycles. The van der Waals surface area contributed by atoms with Crippen LogP contribution in [0.4, 0.5) is 0 Å². The lowest BCUT2D eigenvalue weighted by Gasteiger charge is -2.30. The third-order valence-corrected chi connectivity index (χ3v) is 5.63. The molecule has 0 radical (unpaired) electrons. The minimum Gasteiger partial charge on any atom is -0.491 e. The molecule has 5 heteroatoms. The smallest absolute Gasteiger partial charge is 0.119 e. The Labute approximate surface area is 184 Å². The van der Waals surface area contributed by atoms with E-state index in [0.717, 1.165) is 44.0 Å². The second-order valence-corrected chi connectivity index (χ2v) is 8.36. The number of hydrogen-bond acceptors (Lipinski definition) is 5. The molecule has 0 bridgehead atoms. The molecule has 1 aliphatic rings. The van der Waals surface area contributed by atoms with Crippen LogP contribution in [0.25, 0.3) is 0 Å². The van der Waals surface area contributed by atoms with Crippen molar-refractivity contribution in [3.8, 4) is 5.75 Å². The van der Waals surface area contributed by atoms with Crippen LogP contribution in [0, 0.1) is 0 Å². The molecule has 3 aromatic rings. The lowest BCUT2D eigenvalue weighted by atomic mass is 10.00. The molecule has 0 spiro atoms. The van der Waals surface area contributed by atoms with E-state index >= 15 is 0 Å². The van der Waals surface area contributed by atoms with Gasteiger partial charge in [-0.05, 0) is 54.4 Å². The highest BCUT2D eigenvalue weighted by molar-refractivity contribution is 5.29. The van der Waals surface area contributed by atoms with Crippen LogP contribution in [0.15, 0.2) is 72.9 Å². The summed E-state index contributed by atoms with van der Waals surface area (Å²) in [4.78, 5) is 8.92. The summed E-state index contributed by atoms with van der Waals surface area (Å²) < 4.78 is 5.91. The fourth-order valence-corrected chi connectivity index (χ4v) is 4.12. The van der Waals surface area contributed by atoms with Crippen LogP contribution in [0.2, 0.25) is 0 Å². The Morgan fingerprint density at radius 3 is 2.71 bits per heavy atom. The third kappa shape index (κ3) is 6.37. The summed E-state index contributed by atoms with van der Waals surface area (Å²) in [5, 5.41) is 10.5. The standard InChI is InChI=1S/C26H31N3O2/c1-28(18-24-10-4-5-13-27-24)16-21-7-6-11-26(15-21)31-20-25(30)19-29-14-12-22-8-2-3-9-23(22)17-29/h2-11,13,15,25,30H,12,14,16-20H2,1H3. The first-order valence-electron chi connectivity index (χ1n) is 10.9. The van der Waals surface area contributed by atoms with E-state index in [1.807, 2.05) is 36.5 Å². The fourth-order valence-electron chi connectivity index (χ4n) is 4.12. The lowest BCUT2D eigenvalue weighted by Crippen LogP contribution is -2.38. The molecule has 0 fully saturated rings. The van der Waals surface area contributed by atoms with Gasteiger partial charge in [0.05, 0.1) is 5.69 Å². The molecule has 5 nitrogen and oxygen atoms in total. The molecule has 0 saturated carbocycles. The largest absolute Gasteiger partial charge is 0.491 e. The van der Waals surface area contributed by atoms with Gasteiger partial charge in [-0.3, -0.25) is 14.8 Å². The summed E-state index contributed by atoms with van der Waals surface area (Å²) in [6.45, 7) is 4.40. The van der Waals surface area contributed by atoms with Gasteiger partial charge in [0.25, 0.3) is 0 Å². The summed E-state index contributed by atoms with van der Waals surface area (Å²) >= 11 is 0. The van der Waals surface area contributed by atoms with Gasteiger partial charge >= 0.3 is 0 Å². The van der Waals surface area contributed by atoms with Crippen molar-refractivity contribution >= 4 is 0 Å². The van der Waals surface area contributed by atoms with Crippen molar-refractivity contribution < 1.29 is 9.84 Å². The number of nitrogens with zero attached hydrogens (tertiary/aromatic N) is 3. The van der Waals surface area contributed by atoms with Crippen LogP contribution in [0.5, 0.6) is 5.75 Å². The Kier molecular flexibility index (Phi) is 7.30. The molecule has 1 aliphatic heterocycles. The maximum Gasteiger partial charge on any atom is 0.119 e. The van der Waals surface area contributed by atoms with Crippen molar-refractivity contribution in [1.29, 1.82) is 0 Å². The Morgan fingerprint density at radius 2 is 1.87 bits per heavy atom. The zero-order chi connectivity index (χ0) is 21.5. The Hall–Kier alpha value is -2.73. The number of aromatic nitrogens is 1. The van der Waals surface area contributed by atoms with E-state index in [1.165, 1.54) is 16.7 Å². The Morgan fingerprint density at radius 1 is 1.03 bits per heavy atom. The highest BCUT2D eigenvalue weighted by atomic mass is 16.5. The molecule has 0 saturated heterocycles. The average Bonchev–Trinajstić information content (AvgIpc) is 2.78. The van der Waals surface area contributed by atoms with Gasteiger partial charge in [0, 0.05) is 38.9 Å². The first-order valence-corrected chi connectivity index (χ1v) is 10.9. The van der Waals surface area contributed by atoms with E-state index in [4.69, 9.17) is 4.74 Å². The number of aliphatic hydroxyl groups excluding tert-OH is 1. The molecule has 1 atom stereocenters. The number of aliphatic hydroxyl groups is 1. The molecule has 4 rings (SSSR count). The van der Waals surface area contributed by atoms with Crippen molar-refractivity contribution in [2.24, 2.45) is 0 Å². The molecular formula is C26H31N3O2. The number of benzene rings is 2. The predicted octanol–water partition coefficient (Wildman–Crippen LogP) is 3.51. The highest BCUT2D eigenvalue weighted by Gasteiger charge is 2.18. The van der Waals surface area contributed by atoms with Gasteiger partial charge in [-0.15, -0.1) is 0 Å². The van der Waals surface area contributed by atoms with Crippen LogP contribution in [0.1, 0.15) is 22.4 Å². The normalized spacial score (nSPS) is 14.9. The quantitative estimate of drug-likeness (QED) is 0.577. The maximum atomic E-state index is 10.5.